The van der Waals surface area contributed by atoms with Crippen LogP contribution in [0.25, 0.3) is 0 Å². The van der Waals surface area contributed by atoms with Gasteiger partial charge in [-0.05, 0) is 37.3 Å². The predicted octanol–water partition coefficient (Wildman–Crippen LogP) is 2.82. The number of aromatic nitrogens is 1. The van der Waals surface area contributed by atoms with Gasteiger partial charge < -0.3 is 9.80 Å². The Morgan fingerprint density at radius 3 is 2.32 bits per heavy atom. The van der Waals surface area contributed by atoms with Crippen molar-refractivity contribution in [1.82, 2.24) is 4.98 Å². The summed E-state index contributed by atoms with van der Waals surface area (Å²) in [6.45, 7) is 5.12. The average Bonchev–Trinajstić information content (AvgIpc) is 2.62. The van der Waals surface area contributed by atoms with Gasteiger partial charge in [0.25, 0.3) is 0 Å². The summed E-state index contributed by atoms with van der Waals surface area (Å²) in [7, 11) is -3.30. The molecule has 1 aliphatic heterocycles. The summed E-state index contributed by atoms with van der Waals surface area (Å²) in [5.41, 5.74) is 2.12. The lowest BCUT2D eigenvalue weighted by molar-refractivity contribution is 0.602. The summed E-state index contributed by atoms with van der Waals surface area (Å²) in [5.74, 6) is 0.380. The molecule has 1 fully saturated rings. The van der Waals surface area contributed by atoms with Crippen LogP contribution in [0.15, 0.2) is 42.6 Å². The molecule has 0 saturated carbocycles. The Hall–Kier alpha value is -1.99. The van der Waals surface area contributed by atoms with Crippen molar-refractivity contribution in [3.63, 3.8) is 0 Å². The van der Waals surface area contributed by atoms with Crippen LogP contribution < -0.4 is 14.5 Å². The Morgan fingerprint density at radius 2 is 1.76 bits per heavy atom. The number of anilines is 3. The molecule has 3 rings (SSSR count). The first-order valence-corrected chi connectivity index (χ1v) is 10.2. The number of piperazine rings is 1. The van der Waals surface area contributed by atoms with E-state index in [0.717, 1.165) is 42.6 Å². The fraction of sp³-hybridized carbons (Fsp3) is 0.353. The summed E-state index contributed by atoms with van der Waals surface area (Å²) in [6.07, 6.45) is 1.71. The molecule has 0 radical (unpaired) electrons. The molecule has 1 N–H and O–H groups in total. The van der Waals surface area contributed by atoms with Gasteiger partial charge in [0, 0.05) is 36.9 Å². The Bertz CT molecular complexity index is 819. The largest absolute Gasteiger partial charge is 0.368 e. The zero-order chi connectivity index (χ0) is 17.9. The van der Waals surface area contributed by atoms with Crippen LogP contribution in [-0.2, 0) is 10.0 Å². The van der Waals surface area contributed by atoms with Gasteiger partial charge in [0.2, 0.25) is 10.0 Å². The lowest BCUT2D eigenvalue weighted by atomic mass is 10.2. The van der Waals surface area contributed by atoms with Crippen LogP contribution in [0.3, 0.4) is 0 Å². The molecule has 0 unspecified atom stereocenters. The Kier molecular flexibility index (Phi) is 5.34. The molecule has 0 aliphatic carbocycles. The second-order valence-electron chi connectivity index (χ2n) is 5.86. The molecule has 8 heteroatoms. The predicted molar refractivity (Wildman–Crippen MR) is 103 cm³/mol. The van der Waals surface area contributed by atoms with Gasteiger partial charge in [0.1, 0.15) is 5.82 Å². The standard InChI is InChI=1S/C17H21ClN4O2S/c1-2-25(23,24)20-17-7-6-16(13-19-17)22-10-8-21(9-11-22)15-5-3-4-14(18)12-15/h3-7,12-13H,2,8-11H2,1H3,(H,19,20). The van der Waals surface area contributed by atoms with Crippen LogP contribution in [0, 0.1) is 0 Å². The highest BCUT2D eigenvalue weighted by Crippen LogP contribution is 2.23. The van der Waals surface area contributed by atoms with Crippen molar-refractivity contribution >= 4 is 38.8 Å². The zero-order valence-corrected chi connectivity index (χ0v) is 15.6. The van der Waals surface area contributed by atoms with Crippen molar-refractivity contribution in [2.24, 2.45) is 0 Å². The minimum Gasteiger partial charge on any atom is -0.368 e. The van der Waals surface area contributed by atoms with Gasteiger partial charge in [-0.3, -0.25) is 4.72 Å². The number of hydrogen-bond donors (Lipinski definition) is 1. The van der Waals surface area contributed by atoms with Crippen LogP contribution in [0.1, 0.15) is 6.92 Å². The fourth-order valence-corrected chi connectivity index (χ4v) is 3.53. The molecule has 1 aromatic carbocycles. The van der Waals surface area contributed by atoms with E-state index in [0.29, 0.717) is 5.82 Å². The Balaban J connectivity index is 1.61. The Morgan fingerprint density at radius 1 is 1.08 bits per heavy atom. The quantitative estimate of drug-likeness (QED) is 0.864. The van der Waals surface area contributed by atoms with E-state index in [2.05, 4.69) is 25.6 Å². The molecule has 0 bridgehead atoms. The number of hydrogen-bond acceptors (Lipinski definition) is 5. The van der Waals surface area contributed by atoms with Gasteiger partial charge in [0.15, 0.2) is 0 Å². The number of sulfonamides is 1. The van der Waals surface area contributed by atoms with E-state index in [1.807, 2.05) is 24.3 Å². The maximum atomic E-state index is 11.6. The van der Waals surface area contributed by atoms with Crippen molar-refractivity contribution < 1.29 is 8.42 Å². The van der Waals surface area contributed by atoms with Gasteiger partial charge in [-0.25, -0.2) is 13.4 Å². The molecule has 134 valence electrons. The van der Waals surface area contributed by atoms with Gasteiger partial charge in [-0.1, -0.05) is 17.7 Å². The van der Waals surface area contributed by atoms with Crippen LogP contribution in [-0.4, -0.2) is 45.3 Å². The van der Waals surface area contributed by atoms with Gasteiger partial charge >= 0.3 is 0 Å². The second kappa shape index (κ2) is 7.49. The maximum Gasteiger partial charge on any atom is 0.233 e. The summed E-state index contributed by atoms with van der Waals surface area (Å²) in [4.78, 5) is 8.76. The third-order valence-corrected chi connectivity index (χ3v) is 5.72. The van der Waals surface area contributed by atoms with E-state index in [-0.39, 0.29) is 5.75 Å². The molecule has 0 spiro atoms. The molecular weight excluding hydrogens is 360 g/mol. The van der Waals surface area contributed by atoms with E-state index in [1.165, 1.54) is 0 Å². The highest BCUT2D eigenvalue weighted by molar-refractivity contribution is 7.92. The summed E-state index contributed by atoms with van der Waals surface area (Å²) >= 11 is 6.07. The first-order chi connectivity index (χ1) is 12.0. The van der Waals surface area contributed by atoms with Crippen LogP contribution in [0.5, 0.6) is 0 Å². The summed E-state index contributed by atoms with van der Waals surface area (Å²) < 4.78 is 25.6. The van der Waals surface area contributed by atoms with Gasteiger partial charge in [-0.15, -0.1) is 0 Å². The van der Waals surface area contributed by atoms with Crippen LogP contribution >= 0.6 is 11.6 Å². The van der Waals surface area contributed by atoms with Crippen LogP contribution in [0.2, 0.25) is 5.02 Å². The molecule has 2 heterocycles. The number of nitrogens with one attached hydrogen (secondary N) is 1. The fourth-order valence-electron chi connectivity index (χ4n) is 2.76. The molecule has 1 aliphatic rings. The molecule has 1 aromatic heterocycles. The highest BCUT2D eigenvalue weighted by atomic mass is 35.5. The molecule has 25 heavy (non-hydrogen) atoms. The summed E-state index contributed by atoms with van der Waals surface area (Å²) in [6, 6.07) is 11.5. The van der Waals surface area contributed by atoms with E-state index in [9.17, 15) is 8.42 Å². The summed E-state index contributed by atoms with van der Waals surface area (Å²) in [5, 5.41) is 0.745. The normalized spacial score (nSPS) is 15.3. The molecule has 2 aromatic rings. The third kappa shape index (κ3) is 4.55. The lowest BCUT2D eigenvalue weighted by Gasteiger charge is -2.37. The molecule has 0 atom stereocenters. The number of rotatable bonds is 5. The Labute approximate surface area is 153 Å². The monoisotopic (exact) mass is 380 g/mol. The van der Waals surface area contributed by atoms with Crippen molar-refractivity contribution in [3.8, 4) is 0 Å². The third-order valence-electron chi connectivity index (χ3n) is 4.21. The molecule has 0 amide bonds. The van der Waals surface area contributed by atoms with E-state index in [1.54, 1.807) is 19.2 Å². The number of benzene rings is 1. The molecule has 6 nitrogen and oxygen atoms in total. The van der Waals surface area contributed by atoms with E-state index >= 15 is 0 Å². The highest BCUT2D eigenvalue weighted by Gasteiger charge is 2.18. The van der Waals surface area contributed by atoms with E-state index < -0.39 is 10.0 Å². The van der Waals surface area contributed by atoms with Crippen molar-refractivity contribution in [3.05, 3.63) is 47.6 Å². The van der Waals surface area contributed by atoms with E-state index in [4.69, 9.17) is 11.6 Å². The van der Waals surface area contributed by atoms with Crippen molar-refractivity contribution in [2.75, 3.05) is 46.5 Å². The van der Waals surface area contributed by atoms with Gasteiger partial charge in [-0.2, -0.15) is 0 Å². The minimum absolute atomic E-state index is 0.0297. The topological polar surface area (TPSA) is 65.5 Å². The van der Waals surface area contributed by atoms with Gasteiger partial charge in [0.05, 0.1) is 17.6 Å². The smallest absolute Gasteiger partial charge is 0.233 e. The molecule has 1 saturated heterocycles. The molecular formula is C17H21ClN4O2S. The van der Waals surface area contributed by atoms with Crippen molar-refractivity contribution in [2.45, 2.75) is 6.92 Å². The SMILES string of the molecule is CCS(=O)(=O)Nc1ccc(N2CCN(c3cccc(Cl)c3)CC2)cn1. The zero-order valence-electron chi connectivity index (χ0n) is 14.0. The minimum atomic E-state index is -3.30. The maximum absolute atomic E-state index is 11.6. The number of pyridine rings is 1. The number of nitrogens with zero attached hydrogens (tertiary/aromatic N) is 3. The first kappa shape index (κ1) is 17.8. The van der Waals surface area contributed by atoms with Crippen LogP contribution in [0.4, 0.5) is 17.2 Å². The lowest BCUT2D eigenvalue weighted by Crippen LogP contribution is -2.46. The average molecular weight is 381 g/mol. The van der Waals surface area contributed by atoms with Crippen molar-refractivity contribution in [1.29, 1.82) is 0 Å². The first-order valence-electron chi connectivity index (χ1n) is 8.19. The number of halogens is 1. The second-order valence-corrected chi connectivity index (χ2v) is 8.31.